The first-order valence-electron chi connectivity index (χ1n) is 7.65. The molecule has 0 aliphatic carbocycles. The Balaban J connectivity index is 2.39. The zero-order valence-electron chi connectivity index (χ0n) is 12.7. The molecule has 2 heterocycles. The lowest BCUT2D eigenvalue weighted by Gasteiger charge is -2.28. The van der Waals surface area contributed by atoms with Crippen molar-refractivity contribution in [2.45, 2.75) is 52.0 Å². The molecule has 0 saturated carbocycles. The van der Waals surface area contributed by atoms with Crippen LogP contribution in [0.25, 0.3) is 0 Å². The van der Waals surface area contributed by atoms with Gasteiger partial charge in [0.15, 0.2) is 0 Å². The minimum Gasteiger partial charge on any atom is -0.364 e. The zero-order valence-corrected chi connectivity index (χ0v) is 12.7. The Hall–Kier alpha value is -1.92. The van der Waals surface area contributed by atoms with E-state index in [1.165, 1.54) is 12.7 Å². The second-order valence-corrected chi connectivity index (χ2v) is 5.47. The second kappa shape index (κ2) is 7.19. The Morgan fingerprint density at radius 2 is 2.24 bits per heavy atom. The number of nitro groups is 1. The molecule has 1 aliphatic heterocycles. The summed E-state index contributed by atoms with van der Waals surface area (Å²) in [7, 11) is 0. The monoisotopic (exact) mass is 293 g/mol. The summed E-state index contributed by atoms with van der Waals surface area (Å²) < 4.78 is 0. The van der Waals surface area contributed by atoms with E-state index in [0.717, 1.165) is 32.2 Å². The molecule has 7 nitrogen and oxygen atoms in total. The molecule has 2 rings (SSSR count). The maximum absolute atomic E-state index is 11.5. The van der Waals surface area contributed by atoms with Gasteiger partial charge in [0.05, 0.1) is 4.92 Å². The molecule has 0 amide bonds. The molecule has 1 fully saturated rings. The second-order valence-electron chi connectivity index (χ2n) is 5.47. The van der Waals surface area contributed by atoms with Gasteiger partial charge in [-0.3, -0.25) is 10.1 Å². The third-order valence-corrected chi connectivity index (χ3v) is 3.85. The fraction of sp³-hybridized carbons (Fsp3) is 0.714. The molecule has 1 atom stereocenters. The maximum atomic E-state index is 11.5. The Morgan fingerprint density at radius 3 is 2.95 bits per heavy atom. The summed E-state index contributed by atoms with van der Waals surface area (Å²) in [6.07, 6.45) is 6.72. The molecule has 1 N–H and O–H groups in total. The number of rotatable bonds is 5. The number of hydrogen-bond acceptors (Lipinski definition) is 6. The van der Waals surface area contributed by atoms with E-state index in [4.69, 9.17) is 0 Å². The standard InChI is InChI=1S/C14H23N5O2/c1-3-8-15-13-12(19(20)21)14(17-10-16-13)18-9-6-4-5-7-11(18)2/h10-11H,3-9H2,1-2H3,(H,15,16,17). The molecule has 0 spiro atoms. The molecule has 1 aliphatic rings. The van der Waals surface area contributed by atoms with Gasteiger partial charge in [0, 0.05) is 19.1 Å². The van der Waals surface area contributed by atoms with Crippen LogP contribution in [0.15, 0.2) is 6.33 Å². The quantitative estimate of drug-likeness (QED) is 0.663. The Bertz CT molecular complexity index is 494. The van der Waals surface area contributed by atoms with Crippen LogP contribution < -0.4 is 10.2 Å². The highest BCUT2D eigenvalue weighted by Gasteiger charge is 2.29. The molecular weight excluding hydrogens is 270 g/mol. The van der Waals surface area contributed by atoms with Gasteiger partial charge in [0.1, 0.15) is 6.33 Å². The minimum atomic E-state index is -0.370. The van der Waals surface area contributed by atoms with E-state index in [-0.39, 0.29) is 16.7 Å². The first kappa shape index (κ1) is 15.5. The van der Waals surface area contributed by atoms with Crippen LogP contribution in [0.1, 0.15) is 46.0 Å². The first-order chi connectivity index (χ1) is 10.1. The topological polar surface area (TPSA) is 84.2 Å². The van der Waals surface area contributed by atoms with Crippen molar-refractivity contribution < 1.29 is 4.92 Å². The van der Waals surface area contributed by atoms with Crippen LogP contribution in [0, 0.1) is 10.1 Å². The van der Waals surface area contributed by atoms with E-state index in [1.807, 2.05) is 6.92 Å². The van der Waals surface area contributed by atoms with E-state index in [0.29, 0.717) is 18.2 Å². The molecule has 116 valence electrons. The molecule has 0 radical (unpaired) electrons. The van der Waals surface area contributed by atoms with Gasteiger partial charge in [-0.1, -0.05) is 19.8 Å². The number of nitrogens with one attached hydrogen (secondary N) is 1. The lowest BCUT2D eigenvalue weighted by molar-refractivity contribution is -0.383. The van der Waals surface area contributed by atoms with Gasteiger partial charge in [-0.2, -0.15) is 0 Å². The molecule has 1 aromatic rings. The minimum absolute atomic E-state index is 0.000278. The summed E-state index contributed by atoms with van der Waals surface area (Å²) in [5.74, 6) is 0.770. The lowest BCUT2D eigenvalue weighted by Crippen LogP contribution is -2.34. The maximum Gasteiger partial charge on any atom is 0.353 e. The number of hydrogen-bond donors (Lipinski definition) is 1. The van der Waals surface area contributed by atoms with Gasteiger partial charge < -0.3 is 10.2 Å². The van der Waals surface area contributed by atoms with E-state index in [9.17, 15) is 10.1 Å². The summed E-state index contributed by atoms with van der Waals surface area (Å²) in [6, 6.07) is 0.264. The zero-order chi connectivity index (χ0) is 15.2. The van der Waals surface area contributed by atoms with Crippen molar-refractivity contribution in [3.8, 4) is 0 Å². The van der Waals surface area contributed by atoms with Crippen molar-refractivity contribution in [3.63, 3.8) is 0 Å². The molecule has 0 aromatic carbocycles. The average Bonchev–Trinajstić information content (AvgIpc) is 2.69. The van der Waals surface area contributed by atoms with Gasteiger partial charge in [0.2, 0.25) is 11.6 Å². The van der Waals surface area contributed by atoms with Crippen molar-refractivity contribution in [1.82, 2.24) is 9.97 Å². The van der Waals surface area contributed by atoms with Crippen molar-refractivity contribution in [2.24, 2.45) is 0 Å². The predicted octanol–water partition coefficient (Wildman–Crippen LogP) is 2.98. The Kier molecular flexibility index (Phi) is 5.30. The highest BCUT2D eigenvalue weighted by atomic mass is 16.6. The lowest BCUT2D eigenvalue weighted by atomic mass is 10.1. The van der Waals surface area contributed by atoms with Crippen molar-refractivity contribution in [1.29, 1.82) is 0 Å². The third-order valence-electron chi connectivity index (χ3n) is 3.85. The van der Waals surface area contributed by atoms with Crippen LogP contribution in [0.5, 0.6) is 0 Å². The normalized spacial score (nSPS) is 19.1. The summed E-state index contributed by atoms with van der Waals surface area (Å²) in [6.45, 7) is 5.59. The molecule has 1 unspecified atom stereocenters. The summed E-state index contributed by atoms with van der Waals surface area (Å²) >= 11 is 0. The summed E-state index contributed by atoms with van der Waals surface area (Å²) in [5.41, 5.74) is -0.000278. The molecule has 21 heavy (non-hydrogen) atoms. The number of anilines is 2. The highest BCUT2D eigenvalue weighted by molar-refractivity contribution is 5.70. The fourth-order valence-corrected chi connectivity index (χ4v) is 2.71. The third kappa shape index (κ3) is 3.59. The SMILES string of the molecule is CCCNc1ncnc(N2CCCCCC2C)c1[N+](=O)[O-]. The molecule has 7 heteroatoms. The van der Waals surface area contributed by atoms with Crippen LogP contribution in [-0.2, 0) is 0 Å². The first-order valence-corrected chi connectivity index (χ1v) is 7.65. The predicted molar refractivity (Wildman–Crippen MR) is 82.7 cm³/mol. The fourth-order valence-electron chi connectivity index (χ4n) is 2.71. The van der Waals surface area contributed by atoms with Gasteiger partial charge >= 0.3 is 5.69 Å². The number of nitrogens with zero attached hydrogens (tertiary/aromatic N) is 4. The van der Waals surface area contributed by atoms with E-state index in [1.54, 1.807) is 0 Å². The molecule has 1 saturated heterocycles. The van der Waals surface area contributed by atoms with Crippen molar-refractivity contribution in [3.05, 3.63) is 16.4 Å². The van der Waals surface area contributed by atoms with Crippen molar-refractivity contribution in [2.75, 3.05) is 23.3 Å². The van der Waals surface area contributed by atoms with Crippen molar-refractivity contribution >= 4 is 17.3 Å². The van der Waals surface area contributed by atoms with E-state index < -0.39 is 0 Å². The molecule has 1 aromatic heterocycles. The van der Waals surface area contributed by atoms with E-state index in [2.05, 4.69) is 27.1 Å². The van der Waals surface area contributed by atoms with E-state index >= 15 is 0 Å². The van der Waals surface area contributed by atoms with Crippen LogP contribution in [-0.4, -0.2) is 34.0 Å². The summed E-state index contributed by atoms with van der Waals surface area (Å²) in [5, 5.41) is 14.5. The van der Waals surface area contributed by atoms with Crippen LogP contribution in [0.3, 0.4) is 0 Å². The van der Waals surface area contributed by atoms with Gasteiger partial charge in [0.25, 0.3) is 0 Å². The number of aromatic nitrogens is 2. The Morgan fingerprint density at radius 1 is 1.43 bits per heavy atom. The average molecular weight is 293 g/mol. The highest BCUT2D eigenvalue weighted by Crippen LogP contribution is 2.34. The Labute approximate surface area is 124 Å². The van der Waals surface area contributed by atoms with Crippen LogP contribution >= 0.6 is 0 Å². The smallest absolute Gasteiger partial charge is 0.353 e. The van der Waals surface area contributed by atoms with Crippen LogP contribution in [0.4, 0.5) is 17.3 Å². The largest absolute Gasteiger partial charge is 0.364 e. The van der Waals surface area contributed by atoms with Gasteiger partial charge in [-0.15, -0.1) is 0 Å². The molecular formula is C14H23N5O2. The van der Waals surface area contributed by atoms with Crippen LogP contribution in [0.2, 0.25) is 0 Å². The molecule has 0 bridgehead atoms. The van der Waals surface area contributed by atoms with Gasteiger partial charge in [-0.25, -0.2) is 9.97 Å². The summed E-state index contributed by atoms with van der Waals surface area (Å²) in [4.78, 5) is 21.5. The van der Waals surface area contributed by atoms with Gasteiger partial charge in [-0.05, 0) is 26.2 Å².